The summed E-state index contributed by atoms with van der Waals surface area (Å²) < 4.78 is 2.36. The van der Waals surface area contributed by atoms with Gasteiger partial charge in [0.1, 0.15) is 0 Å². The summed E-state index contributed by atoms with van der Waals surface area (Å²) in [5, 5.41) is -0.453. The molecule has 0 saturated heterocycles. The number of nitrogens with zero attached hydrogens (tertiary/aromatic N) is 1. The van der Waals surface area contributed by atoms with Gasteiger partial charge < -0.3 is 4.57 Å². The molecule has 0 aromatic carbocycles. The molecule has 0 spiro atoms. The lowest BCUT2D eigenvalue weighted by Gasteiger charge is -2.31. The van der Waals surface area contributed by atoms with Gasteiger partial charge in [-0.05, 0) is 45.1 Å². The topological polar surface area (TPSA) is 22.0 Å². The highest BCUT2D eigenvalue weighted by molar-refractivity contribution is 6.33. The predicted octanol–water partition coefficient (Wildman–Crippen LogP) is 4.67. The lowest BCUT2D eigenvalue weighted by Crippen LogP contribution is -2.23. The maximum absolute atomic E-state index is 12.2. The van der Waals surface area contributed by atoms with E-state index in [0.29, 0.717) is 11.5 Å². The van der Waals surface area contributed by atoms with Gasteiger partial charge in [0, 0.05) is 23.0 Å². The van der Waals surface area contributed by atoms with Crippen molar-refractivity contribution in [3.05, 3.63) is 23.0 Å². The molecule has 3 heteroatoms. The molecule has 0 radical (unpaired) electrons. The SMILES string of the molecule is Cc1cc(C(=O)C(C)Cl)c(C)n1C1CCCC1(C)C. The third-order valence-electron chi connectivity index (χ3n) is 4.62. The van der Waals surface area contributed by atoms with Crippen LogP contribution in [0.25, 0.3) is 0 Å². The van der Waals surface area contributed by atoms with Crippen LogP contribution >= 0.6 is 11.6 Å². The van der Waals surface area contributed by atoms with E-state index < -0.39 is 5.38 Å². The van der Waals surface area contributed by atoms with Crippen molar-refractivity contribution in [2.45, 2.75) is 65.3 Å². The Bertz CT molecular complexity index is 499. The molecule has 2 nitrogen and oxygen atoms in total. The normalized spacial score (nSPS) is 23.6. The molecular weight excluding hydrogens is 258 g/mol. The second-order valence-corrected chi connectivity index (χ2v) is 7.19. The van der Waals surface area contributed by atoms with Crippen molar-refractivity contribution in [2.24, 2.45) is 5.41 Å². The molecule has 2 rings (SSSR count). The van der Waals surface area contributed by atoms with Gasteiger partial charge in [0.05, 0.1) is 5.38 Å². The summed E-state index contributed by atoms with van der Waals surface area (Å²) in [4.78, 5) is 12.2. The smallest absolute Gasteiger partial charge is 0.182 e. The van der Waals surface area contributed by atoms with Gasteiger partial charge in [-0.1, -0.05) is 20.3 Å². The second kappa shape index (κ2) is 4.97. The summed E-state index contributed by atoms with van der Waals surface area (Å²) in [7, 11) is 0. The molecule has 19 heavy (non-hydrogen) atoms. The van der Waals surface area contributed by atoms with E-state index >= 15 is 0 Å². The summed E-state index contributed by atoms with van der Waals surface area (Å²) >= 11 is 5.95. The fourth-order valence-electron chi connectivity index (χ4n) is 3.51. The molecule has 0 bridgehead atoms. The number of hydrogen-bond acceptors (Lipinski definition) is 1. The van der Waals surface area contributed by atoms with Crippen molar-refractivity contribution in [2.75, 3.05) is 0 Å². The number of rotatable bonds is 3. The fraction of sp³-hybridized carbons (Fsp3) is 0.688. The molecule has 1 aliphatic rings. The van der Waals surface area contributed by atoms with E-state index in [4.69, 9.17) is 11.6 Å². The largest absolute Gasteiger partial charge is 0.345 e. The first-order chi connectivity index (χ1) is 8.75. The average molecular weight is 282 g/mol. The number of aryl methyl sites for hydroxylation is 1. The molecule has 106 valence electrons. The quantitative estimate of drug-likeness (QED) is 0.583. The monoisotopic (exact) mass is 281 g/mol. The van der Waals surface area contributed by atoms with Gasteiger partial charge in [-0.25, -0.2) is 0 Å². The van der Waals surface area contributed by atoms with Gasteiger partial charge in [0.25, 0.3) is 0 Å². The van der Waals surface area contributed by atoms with E-state index in [9.17, 15) is 4.79 Å². The predicted molar refractivity (Wildman–Crippen MR) is 80.2 cm³/mol. The zero-order valence-corrected chi connectivity index (χ0v) is 13.3. The molecule has 1 heterocycles. The molecule has 1 saturated carbocycles. The second-order valence-electron chi connectivity index (χ2n) is 6.53. The number of Topliss-reactive ketones (excluding diaryl/α,β-unsaturated/α-hetero) is 1. The molecule has 1 aromatic rings. The number of carbonyl (C=O) groups is 1. The van der Waals surface area contributed by atoms with Crippen LogP contribution in [-0.2, 0) is 0 Å². The Balaban J connectivity index is 2.46. The van der Waals surface area contributed by atoms with Crippen LogP contribution in [-0.4, -0.2) is 15.7 Å². The Morgan fingerprint density at radius 2 is 2.11 bits per heavy atom. The molecular formula is C16H24ClNO. The summed E-state index contributed by atoms with van der Waals surface area (Å²) in [5.74, 6) is 0.0387. The van der Waals surface area contributed by atoms with Gasteiger partial charge in [0.15, 0.2) is 5.78 Å². The van der Waals surface area contributed by atoms with Gasteiger partial charge in [0.2, 0.25) is 0 Å². The summed E-state index contributed by atoms with van der Waals surface area (Å²) in [6, 6.07) is 2.50. The molecule has 0 aliphatic heterocycles. The van der Waals surface area contributed by atoms with E-state index in [0.717, 1.165) is 11.3 Å². The van der Waals surface area contributed by atoms with Crippen LogP contribution in [0.5, 0.6) is 0 Å². The van der Waals surface area contributed by atoms with Crippen molar-refractivity contribution in [1.82, 2.24) is 4.57 Å². The van der Waals surface area contributed by atoms with Crippen LogP contribution in [0.1, 0.15) is 67.8 Å². The maximum Gasteiger partial charge on any atom is 0.182 e. The van der Waals surface area contributed by atoms with E-state index in [1.165, 1.54) is 25.0 Å². The average Bonchev–Trinajstić information content (AvgIpc) is 2.78. The highest BCUT2D eigenvalue weighted by Gasteiger charge is 2.37. The molecule has 2 atom stereocenters. The number of halogens is 1. The van der Waals surface area contributed by atoms with Crippen molar-refractivity contribution < 1.29 is 4.79 Å². The lowest BCUT2D eigenvalue weighted by molar-refractivity contribution is 0.0990. The van der Waals surface area contributed by atoms with Gasteiger partial charge in [-0.15, -0.1) is 11.6 Å². The van der Waals surface area contributed by atoms with E-state index in [-0.39, 0.29) is 5.78 Å². The van der Waals surface area contributed by atoms with Crippen LogP contribution in [0.4, 0.5) is 0 Å². The van der Waals surface area contributed by atoms with E-state index in [1.807, 2.05) is 13.0 Å². The minimum atomic E-state index is -0.453. The molecule has 0 amide bonds. The minimum Gasteiger partial charge on any atom is -0.345 e. The Hall–Kier alpha value is -0.760. The molecule has 1 aromatic heterocycles. The minimum absolute atomic E-state index is 0.0387. The van der Waals surface area contributed by atoms with Crippen LogP contribution in [0.2, 0.25) is 0 Å². The third-order valence-corrected chi connectivity index (χ3v) is 4.82. The summed E-state index contributed by atoms with van der Waals surface area (Å²) in [6.07, 6.45) is 3.72. The van der Waals surface area contributed by atoms with E-state index in [2.05, 4.69) is 25.3 Å². The fourth-order valence-corrected chi connectivity index (χ4v) is 3.62. The van der Waals surface area contributed by atoms with Crippen molar-refractivity contribution in [3.8, 4) is 0 Å². The number of ketones is 1. The number of carbonyl (C=O) groups excluding carboxylic acids is 1. The number of alkyl halides is 1. The highest BCUT2D eigenvalue weighted by atomic mass is 35.5. The van der Waals surface area contributed by atoms with Gasteiger partial charge in [-0.3, -0.25) is 4.79 Å². The Labute approximate surface area is 121 Å². The molecule has 1 aliphatic carbocycles. The Kier molecular flexibility index (Phi) is 3.83. The third kappa shape index (κ3) is 2.47. The standard InChI is InChI=1S/C16H24ClNO/c1-10-9-13(15(19)11(2)17)12(3)18(10)14-7-6-8-16(14,4)5/h9,11,14H,6-8H2,1-5H3. The van der Waals surface area contributed by atoms with Crippen molar-refractivity contribution in [1.29, 1.82) is 0 Å². The molecule has 2 unspecified atom stereocenters. The van der Waals surface area contributed by atoms with Gasteiger partial charge in [-0.2, -0.15) is 0 Å². The molecule has 0 N–H and O–H groups in total. The van der Waals surface area contributed by atoms with Crippen LogP contribution in [0.15, 0.2) is 6.07 Å². The van der Waals surface area contributed by atoms with Crippen molar-refractivity contribution in [3.63, 3.8) is 0 Å². The number of aromatic nitrogens is 1. The van der Waals surface area contributed by atoms with Crippen LogP contribution < -0.4 is 0 Å². The summed E-state index contributed by atoms with van der Waals surface area (Å²) in [6.45, 7) is 10.5. The molecule has 1 fully saturated rings. The summed E-state index contributed by atoms with van der Waals surface area (Å²) in [5.41, 5.74) is 3.36. The zero-order valence-electron chi connectivity index (χ0n) is 12.6. The number of hydrogen-bond donors (Lipinski definition) is 0. The van der Waals surface area contributed by atoms with E-state index in [1.54, 1.807) is 6.92 Å². The zero-order chi connectivity index (χ0) is 14.4. The Morgan fingerprint density at radius 3 is 2.58 bits per heavy atom. The van der Waals surface area contributed by atoms with Gasteiger partial charge >= 0.3 is 0 Å². The van der Waals surface area contributed by atoms with Crippen LogP contribution in [0, 0.1) is 19.3 Å². The maximum atomic E-state index is 12.2. The van der Waals surface area contributed by atoms with Crippen LogP contribution in [0.3, 0.4) is 0 Å². The first-order valence-electron chi connectivity index (χ1n) is 7.12. The van der Waals surface area contributed by atoms with Crippen molar-refractivity contribution >= 4 is 17.4 Å². The first-order valence-corrected chi connectivity index (χ1v) is 7.56. The first kappa shape index (κ1) is 14.6. The lowest BCUT2D eigenvalue weighted by atomic mass is 9.87. The Morgan fingerprint density at radius 1 is 1.47 bits per heavy atom. The highest BCUT2D eigenvalue weighted by Crippen LogP contribution is 2.47.